The number of benzene rings is 3. The van der Waals surface area contributed by atoms with Crippen LogP contribution in [0, 0.1) is 0 Å². The van der Waals surface area contributed by atoms with Gasteiger partial charge in [0.1, 0.15) is 0 Å². The second kappa shape index (κ2) is 8.57. The maximum atomic E-state index is 13.7. The van der Waals surface area contributed by atoms with E-state index in [4.69, 9.17) is 0 Å². The number of alkyl halides is 6. The first-order valence-corrected chi connectivity index (χ1v) is 10.3. The highest BCUT2D eigenvalue weighted by Crippen LogP contribution is 2.42. The molecule has 4 rings (SSSR count). The third-order valence-electron chi connectivity index (χ3n) is 5.64. The van der Waals surface area contributed by atoms with Gasteiger partial charge in [0.15, 0.2) is 0 Å². The Morgan fingerprint density at radius 3 is 1.61 bits per heavy atom. The molecule has 1 aliphatic rings. The lowest BCUT2D eigenvalue weighted by atomic mass is 9.92. The molecule has 0 spiro atoms. The minimum Gasteiger partial charge on any atom is -0.312 e. The van der Waals surface area contributed by atoms with Crippen molar-refractivity contribution in [1.29, 1.82) is 0 Å². The number of piperidine rings is 1. The van der Waals surface area contributed by atoms with E-state index in [1.807, 2.05) is 0 Å². The summed E-state index contributed by atoms with van der Waals surface area (Å²) in [6.07, 6.45) is -7.65. The topological polar surface area (TPSA) is 20.3 Å². The average Bonchev–Trinajstić information content (AvgIpc) is 2.78. The standard InChI is InChI=1S/C25H19F6NO/c26-24(27,28)21-9-3-1-7-19(21)16-13-17(20-8-2-4-10-22(20)25(29,30)31)15-18(14-16)32-12-6-5-11-23(32)33/h1-4,7-10,13-15H,5-6,11-12H2. The Hall–Kier alpha value is -3.29. The molecule has 0 unspecified atom stereocenters. The van der Waals surface area contributed by atoms with Gasteiger partial charge in [0, 0.05) is 18.7 Å². The molecule has 1 fully saturated rings. The highest BCUT2D eigenvalue weighted by Gasteiger charge is 2.35. The Morgan fingerprint density at radius 2 is 1.15 bits per heavy atom. The number of rotatable bonds is 3. The monoisotopic (exact) mass is 463 g/mol. The van der Waals surface area contributed by atoms with E-state index >= 15 is 0 Å². The zero-order chi connectivity index (χ0) is 23.8. The Bertz CT molecular complexity index is 1110. The molecule has 1 heterocycles. The van der Waals surface area contributed by atoms with Crippen molar-refractivity contribution in [3.63, 3.8) is 0 Å². The number of halogens is 6. The zero-order valence-electron chi connectivity index (χ0n) is 17.3. The molecule has 1 aliphatic heterocycles. The molecule has 0 bridgehead atoms. The molecule has 1 amide bonds. The van der Waals surface area contributed by atoms with Crippen LogP contribution in [0.25, 0.3) is 22.3 Å². The molecule has 1 saturated heterocycles. The van der Waals surface area contributed by atoms with E-state index in [0.29, 0.717) is 19.4 Å². The number of anilines is 1. The average molecular weight is 463 g/mol. The SMILES string of the molecule is O=C1CCCCN1c1cc(-c2ccccc2C(F)(F)F)cc(-c2ccccc2C(F)(F)F)c1. The summed E-state index contributed by atoms with van der Waals surface area (Å²) in [4.78, 5) is 13.9. The lowest BCUT2D eigenvalue weighted by Crippen LogP contribution is -2.35. The lowest BCUT2D eigenvalue weighted by molar-refractivity contribution is -0.137. The molecule has 0 radical (unpaired) electrons. The number of hydrogen-bond acceptors (Lipinski definition) is 1. The summed E-state index contributed by atoms with van der Waals surface area (Å²) in [5, 5.41) is 0. The van der Waals surface area contributed by atoms with Gasteiger partial charge < -0.3 is 4.90 Å². The van der Waals surface area contributed by atoms with E-state index in [0.717, 1.165) is 12.1 Å². The summed E-state index contributed by atoms with van der Waals surface area (Å²) in [5.41, 5.74) is -1.67. The third kappa shape index (κ3) is 4.74. The number of amides is 1. The Kier molecular flexibility index (Phi) is 5.95. The van der Waals surface area contributed by atoms with E-state index in [2.05, 4.69) is 0 Å². The van der Waals surface area contributed by atoms with E-state index in [1.54, 1.807) is 0 Å². The Labute approximate surface area is 186 Å². The summed E-state index contributed by atoms with van der Waals surface area (Å²) >= 11 is 0. The van der Waals surface area contributed by atoms with Gasteiger partial charge >= 0.3 is 12.4 Å². The quantitative estimate of drug-likeness (QED) is 0.367. The third-order valence-corrected chi connectivity index (χ3v) is 5.64. The molecular weight excluding hydrogens is 444 g/mol. The van der Waals surface area contributed by atoms with Gasteiger partial charge in [-0.1, -0.05) is 36.4 Å². The van der Waals surface area contributed by atoms with Gasteiger partial charge in [-0.2, -0.15) is 26.3 Å². The molecule has 3 aromatic carbocycles. The highest BCUT2D eigenvalue weighted by molar-refractivity contribution is 5.96. The summed E-state index contributed by atoms with van der Waals surface area (Å²) < 4.78 is 82.1. The van der Waals surface area contributed by atoms with Crippen LogP contribution >= 0.6 is 0 Å². The second-order valence-electron chi connectivity index (χ2n) is 7.86. The van der Waals surface area contributed by atoms with Crippen LogP contribution in [0.1, 0.15) is 30.4 Å². The Morgan fingerprint density at radius 1 is 0.667 bits per heavy atom. The fourth-order valence-corrected chi connectivity index (χ4v) is 4.12. The number of nitrogens with zero attached hydrogens (tertiary/aromatic N) is 1. The van der Waals surface area contributed by atoms with Gasteiger partial charge in [-0.05, 0) is 65.4 Å². The molecule has 0 aromatic heterocycles. The summed E-state index contributed by atoms with van der Waals surface area (Å²) in [7, 11) is 0. The molecule has 33 heavy (non-hydrogen) atoms. The van der Waals surface area contributed by atoms with Crippen molar-refractivity contribution in [3.8, 4) is 22.3 Å². The van der Waals surface area contributed by atoms with E-state index < -0.39 is 23.5 Å². The lowest BCUT2D eigenvalue weighted by Gasteiger charge is -2.28. The fourth-order valence-electron chi connectivity index (χ4n) is 4.12. The summed E-state index contributed by atoms with van der Waals surface area (Å²) in [6, 6.07) is 14.0. The first-order valence-electron chi connectivity index (χ1n) is 10.3. The maximum absolute atomic E-state index is 13.7. The van der Waals surface area contributed by atoms with Gasteiger partial charge in [0.2, 0.25) is 5.91 Å². The summed E-state index contributed by atoms with van der Waals surface area (Å²) in [6.45, 7) is 0.351. The molecule has 2 nitrogen and oxygen atoms in total. The van der Waals surface area contributed by atoms with Crippen LogP contribution in [-0.4, -0.2) is 12.5 Å². The number of hydrogen-bond donors (Lipinski definition) is 0. The maximum Gasteiger partial charge on any atom is 0.417 e. The van der Waals surface area contributed by atoms with Crippen LogP contribution in [0.4, 0.5) is 32.0 Å². The molecule has 8 heteroatoms. The smallest absolute Gasteiger partial charge is 0.312 e. The van der Waals surface area contributed by atoms with Crippen molar-refractivity contribution in [3.05, 3.63) is 77.9 Å². The Balaban J connectivity index is 1.97. The predicted octanol–water partition coefficient (Wildman–Crippen LogP) is 7.58. The van der Waals surface area contributed by atoms with Crippen molar-refractivity contribution < 1.29 is 31.1 Å². The molecule has 3 aromatic rings. The van der Waals surface area contributed by atoms with Crippen LogP contribution < -0.4 is 4.90 Å². The van der Waals surface area contributed by atoms with E-state index in [-0.39, 0.29) is 40.3 Å². The molecule has 172 valence electrons. The minimum atomic E-state index is -4.66. The fraction of sp³-hybridized carbons (Fsp3) is 0.240. The van der Waals surface area contributed by atoms with E-state index in [1.165, 1.54) is 59.5 Å². The van der Waals surface area contributed by atoms with Gasteiger partial charge in [0.25, 0.3) is 0 Å². The minimum absolute atomic E-state index is 0.0887. The van der Waals surface area contributed by atoms with Crippen LogP contribution in [0.5, 0.6) is 0 Å². The number of carbonyl (C=O) groups excluding carboxylic acids is 1. The summed E-state index contributed by atoms with van der Waals surface area (Å²) in [5.74, 6) is -0.211. The van der Waals surface area contributed by atoms with Crippen LogP contribution in [0.15, 0.2) is 66.7 Å². The van der Waals surface area contributed by atoms with Gasteiger partial charge in [-0.15, -0.1) is 0 Å². The van der Waals surface area contributed by atoms with Crippen LogP contribution in [-0.2, 0) is 17.1 Å². The molecule has 0 N–H and O–H groups in total. The first kappa shape index (κ1) is 22.9. The van der Waals surface area contributed by atoms with E-state index in [9.17, 15) is 31.1 Å². The van der Waals surface area contributed by atoms with Gasteiger partial charge in [0.05, 0.1) is 11.1 Å². The molecular formula is C25H19F6NO. The predicted molar refractivity (Wildman–Crippen MR) is 114 cm³/mol. The van der Waals surface area contributed by atoms with Crippen molar-refractivity contribution in [2.45, 2.75) is 31.6 Å². The van der Waals surface area contributed by atoms with Crippen molar-refractivity contribution in [1.82, 2.24) is 0 Å². The molecule has 0 aliphatic carbocycles. The van der Waals surface area contributed by atoms with Crippen molar-refractivity contribution in [2.75, 3.05) is 11.4 Å². The van der Waals surface area contributed by atoms with Crippen LogP contribution in [0.3, 0.4) is 0 Å². The van der Waals surface area contributed by atoms with Gasteiger partial charge in [-0.3, -0.25) is 4.79 Å². The van der Waals surface area contributed by atoms with Gasteiger partial charge in [-0.25, -0.2) is 0 Å². The largest absolute Gasteiger partial charge is 0.417 e. The number of carbonyl (C=O) groups is 1. The van der Waals surface area contributed by atoms with Crippen molar-refractivity contribution in [2.24, 2.45) is 0 Å². The molecule has 0 saturated carbocycles. The zero-order valence-corrected chi connectivity index (χ0v) is 17.3. The van der Waals surface area contributed by atoms with Crippen molar-refractivity contribution >= 4 is 11.6 Å². The first-order chi connectivity index (χ1) is 15.6. The second-order valence-corrected chi connectivity index (χ2v) is 7.86. The molecule has 0 atom stereocenters. The van der Waals surface area contributed by atoms with Crippen LogP contribution in [0.2, 0.25) is 0 Å². The normalized spacial score (nSPS) is 15.1. The highest BCUT2D eigenvalue weighted by atomic mass is 19.4.